The molecule has 0 aromatic heterocycles. The molecule has 1 aromatic rings. The quantitative estimate of drug-likeness (QED) is 0.691. The third kappa shape index (κ3) is 2.78. The van der Waals surface area contributed by atoms with Crippen molar-refractivity contribution in [1.29, 1.82) is 0 Å². The molecule has 0 unspecified atom stereocenters. The molecule has 0 nitrogen and oxygen atoms in total. The van der Waals surface area contributed by atoms with Gasteiger partial charge in [0.25, 0.3) is 0 Å². The van der Waals surface area contributed by atoms with Gasteiger partial charge in [0.15, 0.2) is 0 Å². The van der Waals surface area contributed by atoms with E-state index < -0.39 is 0 Å². The highest BCUT2D eigenvalue weighted by molar-refractivity contribution is 6.51. The van der Waals surface area contributed by atoms with Gasteiger partial charge in [-0.1, -0.05) is 49.4 Å². The second kappa shape index (κ2) is 5.55. The van der Waals surface area contributed by atoms with Gasteiger partial charge in [-0.25, -0.2) is 0 Å². The molecular weight excluding hydrogens is 250 g/mol. The van der Waals surface area contributed by atoms with Crippen molar-refractivity contribution in [1.82, 2.24) is 0 Å². The second-order valence-corrected chi connectivity index (χ2v) is 7.56. The average molecular weight is 278 g/mol. The van der Waals surface area contributed by atoms with E-state index in [0.717, 1.165) is 0 Å². The van der Waals surface area contributed by atoms with E-state index >= 15 is 0 Å². The van der Waals surface area contributed by atoms with Gasteiger partial charge in [0.2, 0.25) is 0 Å². The van der Waals surface area contributed by atoms with Crippen molar-refractivity contribution in [3.8, 4) is 0 Å². The maximum atomic E-state index is 2.46. The van der Waals surface area contributed by atoms with E-state index in [0.29, 0.717) is 0 Å². The molecule has 0 heterocycles. The third-order valence-corrected chi connectivity index (χ3v) is 5.23. The Morgan fingerprint density at radius 2 is 1.38 bits per heavy atom. The fraction of sp³-hybridized carbons (Fsp3) is 0.474. The minimum atomic E-state index is 0.206. The van der Waals surface area contributed by atoms with Gasteiger partial charge in [-0.15, -0.1) is 0 Å². The van der Waals surface area contributed by atoms with Crippen LogP contribution in [0.4, 0.5) is 0 Å². The van der Waals surface area contributed by atoms with Gasteiger partial charge >= 0.3 is 0 Å². The fourth-order valence-corrected chi connectivity index (χ4v) is 3.53. The van der Waals surface area contributed by atoms with Gasteiger partial charge in [0, 0.05) is 0 Å². The molecule has 110 valence electrons. The Morgan fingerprint density at radius 1 is 0.810 bits per heavy atom. The summed E-state index contributed by atoms with van der Waals surface area (Å²) in [5.41, 5.74) is 12.0. The first kappa shape index (κ1) is 16.2. The van der Waals surface area contributed by atoms with Gasteiger partial charge in [0.05, 0.1) is 0 Å². The molecule has 0 atom stereocenters. The lowest BCUT2D eigenvalue weighted by atomic mass is 9.67. The topological polar surface area (TPSA) is 0 Å². The zero-order chi connectivity index (χ0) is 15.9. The zero-order valence-electron chi connectivity index (χ0n) is 15.1. The molecule has 0 N–H and O–H groups in total. The minimum absolute atomic E-state index is 0.206. The highest BCUT2D eigenvalue weighted by Crippen LogP contribution is 2.40. The normalized spacial score (nSPS) is 15.7. The molecule has 1 aliphatic rings. The van der Waals surface area contributed by atoms with Gasteiger partial charge in [-0.3, -0.25) is 0 Å². The Kier molecular flexibility index (Phi) is 4.29. The van der Waals surface area contributed by atoms with E-state index in [4.69, 9.17) is 0 Å². The molecule has 0 bridgehead atoms. The summed E-state index contributed by atoms with van der Waals surface area (Å²) >= 11 is 0. The molecular formula is C19H28B2. The van der Waals surface area contributed by atoms with Crippen molar-refractivity contribution >= 4 is 32.2 Å². The standard InChI is InChI=1S/C19H28B2/c1-11-12(2)16(18(21)17(20)13(11)3)14-9-7-8-10-15(14)19(4,5)6/h9-10H,7-8,20-21H2,1-6H3. The van der Waals surface area contributed by atoms with E-state index in [9.17, 15) is 0 Å². The summed E-state index contributed by atoms with van der Waals surface area (Å²) in [6.07, 6.45) is 7.26. The second-order valence-electron chi connectivity index (χ2n) is 7.56. The molecule has 0 aliphatic heterocycles. The Hall–Kier alpha value is -1.17. The minimum Gasteiger partial charge on any atom is -0.0914 e. The first-order valence-electron chi connectivity index (χ1n) is 8.14. The van der Waals surface area contributed by atoms with Crippen LogP contribution < -0.4 is 10.9 Å². The van der Waals surface area contributed by atoms with E-state index in [2.05, 4.69) is 69.4 Å². The van der Waals surface area contributed by atoms with Crippen LogP contribution in [0.3, 0.4) is 0 Å². The predicted molar refractivity (Wildman–Crippen MR) is 102 cm³/mol. The van der Waals surface area contributed by atoms with Gasteiger partial charge in [0.1, 0.15) is 15.7 Å². The Bertz CT molecular complexity index is 612. The molecule has 21 heavy (non-hydrogen) atoms. The van der Waals surface area contributed by atoms with Crippen LogP contribution in [-0.4, -0.2) is 15.7 Å². The summed E-state index contributed by atoms with van der Waals surface area (Å²) in [5, 5.41) is 0. The predicted octanol–water partition coefficient (Wildman–Crippen LogP) is 2.28. The molecule has 0 radical (unpaired) electrons. The van der Waals surface area contributed by atoms with Crippen LogP contribution in [0.1, 0.15) is 55.9 Å². The van der Waals surface area contributed by atoms with Crippen LogP contribution in [-0.2, 0) is 0 Å². The molecule has 0 saturated heterocycles. The maximum Gasteiger partial charge on any atom is 0.139 e. The largest absolute Gasteiger partial charge is 0.139 e. The molecule has 2 heteroatoms. The van der Waals surface area contributed by atoms with Crippen LogP contribution in [0.25, 0.3) is 5.57 Å². The molecule has 0 fully saturated rings. The first-order valence-corrected chi connectivity index (χ1v) is 8.14. The summed E-state index contributed by atoms with van der Waals surface area (Å²) < 4.78 is 0. The summed E-state index contributed by atoms with van der Waals surface area (Å²) in [6.45, 7) is 13.8. The first-order chi connectivity index (χ1) is 9.66. The van der Waals surface area contributed by atoms with E-state index in [-0.39, 0.29) is 5.41 Å². The van der Waals surface area contributed by atoms with Crippen molar-refractivity contribution in [3.05, 3.63) is 40.0 Å². The number of hydrogen-bond acceptors (Lipinski definition) is 0. The summed E-state index contributed by atoms with van der Waals surface area (Å²) in [4.78, 5) is 0. The van der Waals surface area contributed by atoms with Crippen LogP contribution in [0.15, 0.2) is 17.7 Å². The van der Waals surface area contributed by atoms with E-state index in [1.165, 1.54) is 57.2 Å². The number of rotatable bonds is 1. The zero-order valence-corrected chi connectivity index (χ0v) is 15.1. The Labute approximate surface area is 132 Å². The third-order valence-electron chi connectivity index (χ3n) is 5.23. The Balaban J connectivity index is 2.73. The van der Waals surface area contributed by atoms with Crippen molar-refractivity contribution < 1.29 is 0 Å². The van der Waals surface area contributed by atoms with Crippen molar-refractivity contribution in [2.24, 2.45) is 5.41 Å². The van der Waals surface area contributed by atoms with Crippen LogP contribution in [0, 0.1) is 26.2 Å². The summed E-state index contributed by atoms with van der Waals surface area (Å²) in [7, 11) is 4.56. The molecule has 0 spiro atoms. The molecule has 2 rings (SSSR count). The SMILES string of the molecule is Bc1c(B)c(C2=CCCC=C2C(C)(C)C)c(C)c(C)c1C. The molecule has 0 saturated carbocycles. The lowest BCUT2D eigenvalue weighted by Crippen LogP contribution is -2.34. The fourth-order valence-electron chi connectivity index (χ4n) is 3.53. The highest BCUT2D eigenvalue weighted by atomic mass is 14.3. The van der Waals surface area contributed by atoms with Crippen LogP contribution in [0.5, 0.6) is 0 Å². The monoisotopic (exact) mass is 278 g/mol. The summed E-state index contributed by atoms with van der Waals surface area (Å²) in [6, 6.07) is 0. The number of allylic oxidation sites excluding steroid dienone is 4. The highest BCUT2D eigenvalue weighted by Gasteiger charge is 2.25. The van der Waals surface area contributed by atoms with Crippen molar-refractivity contribution in [2.75, 3.05) is 0 Å². The Morgan fingerprint density at radius 3 is 1.95 bits per heavy atom. The maximum absolute atomic E-state index is 2.46. The van der Waals surface area contributed by atoms with E-state index in [1.54, 1.807) is 0 Å². The van der Waals surface area contributed by atoms with E-state index in [1.807, 2.05) is 0 Å². The lowest BCUT2D eigenvalue weighted by molar-refractivity contribution is 0.516. The van der Waals surface area contributed by atoms with Gasteiger partial charge < -0.3 is 0 Å². The number of benzene rings is 1. The van der Waals surface area contributed by atoms with Crippen molar-refractivity contribution in [2.45, 2.75) is 54.4 Å². The molecule has 1 aromatic carbocycles. The van der Waals surface area contributed by atoms with Crippen LogP contribution in [0.2, 0.25) is 0 Å². The average Bonchev–Trinajstić information content (AvgIpc) is 2.43. The molecule has 1 aliphatic carbocycles. The lowest BCUT2D eigenvalue weighted by Gasteiger charge is -2.31. The van der Waals surface area contributed by atoms with Gasteiger partial charge in [-0.2, -0.15) is 0 Å². The molecule has 0 amide bonds. The number of hydrogen-bond donors (Lipinski definition) is 0. The smallest absolute Gasteiger partial charge is 0.0914 e. The summed E-state index contributed by atoms with van der Waals surface area (Å²) in [5.74, 6) is 0. The van der Waals surface area contributed by atoms with Crippen molar-refractivity contribution in [3.63, 3.8) is 0 Å². The van der Waals surface area contributed by atoms with Crippen LogP contribution >= 0.6 is 0 Å². The van der Waals surface area contributed by atoms with Gasteiger partial charge in [-0.05, 0) is 66.9 Å².